The van der Waals surface area contributed by atoms with Crippen LogP contribution >= 0.6 is 34.5 Å². The van der Waals surface area contributed by atoms with E-state index in [2.05, 4.69) is 4.72 Å². The number of Topliss-reactive ketones (excluding diaryl/α,β-unsaturated/α-hetero) is 1. The number of thiophene rings is 1. The van der Waals surface area contributed by atoms with Crippen LogP contribution in [0.3, 0.4) is 0 Å². The summed E-state index contributed by atoms with van der Waals surface area (Å²) in [4.78, 5) is 13.1. The van der Waals surface area contributed by atoms with Gasteiger partial charge in [-0.05, 0) is 29.8 Å². The predicted molar refractivity (Wildman–Crippen MR) is 107 cm³/mol. The van der Waals surface area contributed by atoms with Crippen molar-refractivity contribution in [3.63, 3.8) is 0 Å². The van der Waals surface area contributed by atoms with Gasteiger partial charge < -0.3 is 0 Å². The van der Waals surface area contributed by atoms with Crippen molar-refractivity contribution in [2.24, 2.45) is 0 Å². The second-order valence-electron chi connectivity index (χ2n) is 5.46. The quantitative estimate of drug-likeness (QED) is 0.531. The first-order chi connectivity index (χ1) is 12.3. The standard InChI is InChI=1S/C18H13Cl2NO3S2/c1-11(22)18-16(10-17(25-18)12-5-3-2-4-6-12)21-26(23,24)13-7-8-14(19)15(20)9-13/h2-10,21H,1H3. The normalized spacial score (nSPS) is 11.3. The summed E-state index contributed by atoms with van der Waals surface area (Å²) in [6.45, 7) is 1.40. The van der Waals surface area contributed by atoms with Crippen molar-refractivity contribution in [1.29, 1.82) is 0 Å². The third kappa shape index (κ3) is 3.94. The Morgan fingerprint density at radius 3 is 2.31 bits per heavy atom. The summed E-state index contributed by atoms with van der Waals surface area (Å²) >= 11 is 13.0. The van der Waals surface area contributed by atoms with E-state index in [1.807, 2.05) is 30.3 Å². The van der Waals surface area contributed by atoms with Crippen LogP contribution in [-0.4, -0.2) is 14.2 Å². The lowest BCUT2D eigenvalue weighted by molar-refractivity contribution is 0.102. The maximum absolute atomic E-state index is 12.7. The summed E-state index contributed by atoms with van der Waals surface area (Å²) in [5.74, 6) is -0.219. The van der Waals surface area contributed by atoms with Gasteiger partial charge in [0.2, 0.25) is 0 Å². The van der Waals surface area contributed by atoms with Crippen LogP contribution < -0.4 is 4.72 Å². The lowest BCUT2D eigenvalue weighted by atomic mass is 10.2. The molecule has 1 N–H and O–H groups in total. The van der Waals surface area contributed by atoms with Crippen molar-refractivity contribution in [2.75, 3.05) is 4.72 Å². The zero-order chi connectivity index (χ0) is 18.9. The summed E-state index contributed by atoms with van der Waals surface area (Å²) in [5.41, 5.74) is 1.15. The number of anilines is 1. The highest BCUT2D eigenvalue weighted by Crippen LogP contribution is 2.36. The number of nitrogens with one attached hydrogen (secondary N) is 1. The van der Waals surface area contributed by atoms with E-state index in [4.69, 9.17) is 23.2 Å². The van der Waals surface area contributed by atoms with E-state index in [1.54, 1.807) is 6.07 Å². The SMILES string of the molecule is CC(=O)c1sc(-c2ccccc2)cc1NS(=O)(=O)c1ccc(Cl)c(Cl)c1. The molecule has 3 rings (SSSR count). The molecule has 0 aliphatic carbocycles. The molecule has 134 valence electrons. The molecule has 0 aliphatic rings. The maximum Gasteiger partial charge on any atom is 0.261 e. The summed E-state index contributed by atoms with van der Waals surface area (Å²) in [7, 11) is -3.92. The van der Waals surface area contributed by atoms with Gasteiger partial charge in [0, 0.05) is 11.8 Å². The molecule has 0 saturated heterocycles. The molecule has 0 atom stereocenters. The summed E-state index contributed by atoms with van der Waals surface area (Å²) in [6.07, 6.45) is 0. The van der Waals surface area contributed by atoms with Crippen LogP contribution in [0.2, 0.25) is 10.0 Å². The summed E-state index contributed by atoms with van der Waals surface area (Å²) in [6, 6.07) is 15.1. The average Bonchev–Trinajstić information content (AvgIpc) is 3.01. The minimum absolute atomic E-state index is 0.0335. The van der Waals surface area contributed by atoms with Crippen molar-refractivity contribution in [2.45, 2.75) is 11.8 Å². The highest BCUT2D eigenvalue weighted by molar-refractivity contribution is 7.92. The number of benzene rings is 2. The molecule has 3 aromatic rings. The Labute approximate surface area is 165 Å². The Morgan fingerprint density at radius 1 is 1.00 bits per heavy atom. The van der Waals surface area contributed by atoms with Crippen LogP contribution in [-0.2, 0) is 10.0 Å². The molecule has 0 amide bonds. The lowest BCUT2D eigenvalue weighted by Crippen LogP contribution is -2.14. The van der Waals surface area contributed by atoms with Crippen LogP contribution in [0, 0.1) is 0 Å². The van der Waals surface area contributed by atoms with Crippen LogP contribution in [0.1, 0.15) is 16.6 Å². The maximum atomic E-state index is 12.7. The lowest BCUT2D eigenvalue weighted by Gasteiger charge is -2.08. The van der Waals surface area contributed by atoms with Gasteiger partial charge in [-0.25, -0.2) is 8.42 Å². The monoisotopic (exact) mass is 425 g/mol. The van der Waals surface area contributed by atoms with Crippen molar-refractivity contribution in [3.8, 4) is 10.4 Å². The van der Waals surface area contributed by atoms with Gasteiger partial charge in [0.1, 0.15) is 0 Å². The van der Waals surface area contributed by atoms with Gasteiger partial charge in [-0.2, -0.15) is 0 Å². The molecule has 0 radical (unpaired) electrons. The third-order valence-corrected chi connectivity index (χ3v) is 6.94. The average molecular weight is 426 g/mol. The molecule has 1 heterocycles. The van der Waals surface area contributed by atoms with Crippen LogP contribution in [0.25, 0.3) is 10.4 Å². The second-order valence-corrected chi connectivity index (χ2v) is 9.01. The minimum atomic E-state index is -3.92. The number of ketones is 1. The molecule has 8 heteroatoms. The molecule has 26 heavy (non-hydrogen) atoms. The molecular weight excluding hydrogens is 413 g/mol. The number of carbonyl (C=O) groups is 1. The van der Waals surface area contributed by atoms with Gasteiger partial charge in [-0.1, -0.05) is 53.5 Å². The van der Waals surface area contributed by atoms with Crippen LogP contribution in [0.5, 0.6) is 0 Å². The highest BCUT2D eigenvalue weighted by atomic mass is 35.5. The minimum Gasteiger partial charge on any atom is -0.294 e. The molecule has 1 aromatic heterocycles. The number of carbonyl (C=O) groups excluding carboxylic acids is 1. The molecule has 0 aliphatic heterocycles. The zero-order valence-electron chi connectivity index (χ0n) is 13.5. The van der Waals surface area contributed by atoms with Gasteiger partial charge in [0.15, 0.2) is 5.78 Å². The van der Waals surface area contributed by atoms with E-state index in [9.17, 15) is 13.2 Å². The number of hydrogen-bond acceptors (Lipinski definition) is 4. The molecule has 0 unspecified atom stereocenters. The highest BCUT2D eigenvalue weighted by Gasteiger charge is 2.21. The molecule has 0 spiro atoms. The van der Waals surface area contributed by atoms with Crippen molar-refractivity contribution < 1.29 is 13.2 Å². The Morgan fingerprint density at radius 2 is 1.69 bits per heavy atom. The van der Waals surface area contributed by atoms with Gasteiger partial charge >= 0.3 is 0 Å². The first kappa shape index (κ1) is 18.9. The topological polar surface area (TPSA) is 63.2 Å². The fourth-order valence-corrected chi connectivity index (χ4v) is 4.85. The zero-order valence-corrected chi connectivity index (χ0v) is 16.6. The van der Waals surface area contributed by atoms with Crippen LogP contribution in [0.15, 0.2) is 59.5 Å². The van der Waals surface area contributed by atoms with Crippen molar-refractivity contribution >= 4 is 56.0 Å². The summed E-state index contributed by atoms with van der Waals surface area (Å²) in [5, 5.41) is 0.397. The van der Waals surface area contributed by atoms with E-state index >= 15 is 0 Å². The number of hydrogen-bond donors (Lipinski definition) is 1. The Balaban J connectivity index is 2.02. The molecule has 4 nitrogen and oxygen atoms in total. The summed E-state index contributed by atoms with van der Waals surface area (Å²) < 4.78 is 27.8. The van der Waals surface area contributed by atoms with Gasteiger partial charge in [0.05, 0.1) is 25.5 Å². The Hall–Kier alpha value is -1.86. The number of halogens is 2. The Bertz CT molecular complexity index is 1080. The largest absolute Gasteiger partial charge is 0.294 e. The molecular formula is C18H13Cl2NO3S2. The van der Waals surface area contributed by atoms with E-state index in [0.29, 0.717) is 4.88 Å². The number of sulfonamides is 1. The first-order valence-electron chi connectivity index (χ1n) is 7.46. The van der Waals surface area contributed by atoms with Gasteiger partial charge in [-0.15, -0.1) is 11.3 Å². The fraction of sp³-hybridized carbons (Fsp3) is 0.0556. The van der Waals surface area contributed by atoms with E-state index in [-0.39, 0.29) is 26.4 Å². The van der Waals surface area contributed by atoms with Gasteiger partial charge in [-0.3, -0.25) is 9.52 Å². The van der Waals surface area contributed by atoms with Crippen LogP contribution in [0.4, 0.5) is 5.69 Å². The molecule has 0 saturated carbocycles. The first-order valence-corrected chi connectivity index (χ1v) is 10.5. The fourth-order valence-electron chi connectivity index (χ4n) is 2.32. The second kappa shape index (κ2) is 7.40. The molecule has 0 bridgehead atoms. The predicted octanol–water partition coefficient (Wildman–Crippen LogP) is 5.73. The van der Waals surface area contributed by atoms with Crippen molar-refractivity contribution in [1.82, 2.24) is 0 Å². The number of rotatable bonds is 5. The smallest absolute Gasteiger partial charge is 0.261 e. The van der Waals surface area contributed by atoms with E-state index < -0.39 is 10.0 Å². The Kier molecular flexibility index (Phi) is 5.39. The van der Waals surface area contributed by atoms with Gasteiger partial charge in [0.25, 0.3) is 10.0 Å². The molecule has 0 fully saturated rings. The van der Waals surface area contributed by atoms with Crippen molar-refractivity contribution in [3.05, 3.63) is 69.5 Å². The van der Waals surface area contributed by atoms with E-state index in [1.165, 1.54) is 36.5 Å². The third-order valence-electron chi connectivity index (χ3n) is 3.56. The molecule has 2 aromatic carbocycles. The van der Waals surface area contributed by atoms with E-state index in [0.717, 1.165) is 10.4 Å².